The van der Waals surface area contributed by atoms with E-state index in [2.05, 4.69) is 15.0 Å². The van der Waals surface area contributed by atoms with E-state index in [1.807, 2.05) is 12.1 Å². The first-order valence-electron chi connectivity index (χ1n) is 7.68. The van der Waals surface area contributed by atoms with Gasteiger partial charge >= 0.3 is 0 Å². The highest BCUT2D eigenvalue weighted by molar-refractivity contribution is 7.88. The van der Waals surface area contributed by atoms with E-state index in [9.17, 15) is 8.42 Å². The van der Waals surface area contributed by atoms with Crippen molar-refractivity contribution in [2.45, 2.75) is 13.0 Å². The number of hydrogen-bond acceptors (Lipinski definition) is 6. The molecule has 0 spiro atoms. The van der Waals surface area contributed by atoms with E-state index in [0.29, 0.717) is 42.9 Å². The van der Waals surface area contributed by atoms with E-state index in [1.165, 1.54) is 10.6 Å². The Morgan fingerprint density at radius 3 is 2.83 bits per heavy atom. The second-order valence-corrected chi connectivity index (χ2v) is 8.23. The van der Waals surface area contributed by atoms with Crippen molar-refractivity contribution < 1.29 is 12.9 Å². The summed E-state index contributed by atoms with van der Waals surface area (Å²) in [5, 5.41) is 4.61. The Morgan fingerprint density at radius 2 is 2.08 bits per heavy atom. The summed E-state index contributed by atoms with van der Waals surface area (Å²) in [6, 6.07) is 7.28. The Labute approximate surface area is 146 Å². The second kappa shape index (κ2) is 7.18. The molecule has 2 aromatic rings. The molecule has 0 amide bonds. The van der Waals surface area contributed by atoms with Crippen LogP contribution in [0.25, 0.3) is 11.4 Å². The summed E-state index contributed by atoms with van der Waals surface area (Å²) >= 11 is 5.98. The van der Waals surface area contributed by atoms with Gasteiger partial charge < -0.3 is 4.52 Å². The molecule has 1 aromatic heterocycles. The van der Waals surface area contributed by atoms with Crippen molar-refractivity contribution in [2.24, 2.45) is 0 Å². The SMILES string of the molecule is CS(=O)(=O)N1CCCN(Cc2nc(-c3cccc(Cl)c3)no2)CC1. The summed E-state index contributed by atoms with van der Waals surface area (Å²) in [5.74, 6) is 1.01. The van der Waals surface area contributed by atoms with Gasteiger partial charge in [0.2, 0.25) is 21.7 Å². The zero-order chi connectivity index (χ0) is 17.2. The van der Waals surface area contributed by atoms with Gasteiger partial charge in [0.25, 0.3) is 0 Å². The molecule has 1 aliphatic rings. The minimum absolute atomic E-state index is 0.480. The summed E-state index contributed by atoms with van der Waals surface area (Å²) in [6.07, 6.45) is 2.03. The van der Waals surface area contributed by atoms with Crippen LogP contribution in [-0.2, 0) is 16.6 Å². The molecule has 7 nitrogen and oxygen atoms in total. The molecule has 1 aromatic carbocycles. The third-order valence-electron chi connectivity index (χ3n) is 3.93. The van der Waals surface area contributed by atoms with Crippen LogP contribution in [0.4, 0.5) is 0 Å². The quantitative estimate of drug-likeness (QED) is 0.817. The molecular weight excluding hydrogens is 352 g/mol. The summed E-state index contributed by atoms with van der Waals surface area (Å²) < 4.78 is 30.1. The highest BCUT2D eigenvalue weighted by Crippen LogP contribution is 2.20. The summed E-state index contributed by atoms with van der Waals surface area (Å²) in [6.45, 7) is 2.97. The molecule has 0 unspecified atom stereocenters. The van der Waals surface area contributed by atoms with Crippen molar-refractivity contribution in [3.8, 4) is 11.4 Å². The van der Waals surface area contributed by atoms with Gasteiger partial charge in [0.05, 0.1) is 12.8 Å². The molecule has 9 heteroatoms. The first kappa shape index (κ1) is 17.3. The highest BCUT2D eigenvalue weighted by atomic mass is 35.5. The molecule has 0 bridgehead atoms. The van der Waals surface area contributed by atoms with Crippen LogP contribution in [0.1, 0.15) is 12.3 Å². The van der Waals surface area contributed by atoms with Crippen molar-refractivity contribution in [3.05, 3.63) is 35.2 Å². The summed E-state index contributed by atoms with van der Waals surface area (Å²) in [5.41, 5.74) is 0.802. The number of nitrogens with zero attached hydrogens (tertiary/aromatic N) is 4. The van der Waals surface area contributed by atoms with Crippen molar-refractivity contribution in [1.82, 2.24) is 19.3 Å². The van der Waals surface area contributed by atoms with Gasteiger partial charge in [-0.1, -0.05) is 28.9 Å². The van der Waals surface area contributed by atoms with Crippen molar-refractivity contribution in [2.75, 3.05) is 32.4 Å². The van der Waals surface area contributed by atoms with Crippen LogP contribution in [-0.4, -0.2) is 60.2 Å². The molecule has 1 aliphatic heterocycles. The largest absolute Gasteiger partial charge is 0.338 e. The van der Waals surface area contributed by atoms with Crippen molar-refractivity contribution in [1.29, 1.82) is 0 Å². The van der Waals surface area contributed by atoms with E-state index in [-0.39, 0.29) is 0 Å². The van der Waals surface area contributed by atoms with Crippen LogP contribution < -0.4 is 0 Å². The number of halogens is 1. The first-order valence-corrected chi connectivity index (χ1v) is 9.90. The average molecular weight is 371 g/mol. The van der Waals surface area contributed by atoms with Gasteiger partial charge in [0.15, 0.2) is 0 Å². The minimum atomic E-state index is -3.14. The predicted octanol–water partition coefficient (Wildman–Crippen LogP) is 1.86. The molecular formula is C15H19ClN4O3S. The second-order valence-electron chi connectivity index (χ2n) is 5.81. The molecule has 130 valence electrons. The molecule has 0 radical (unpaired) electrons. The number of sulfonamides is 1. The molecule has 1 saturated heterocycles. The standard InChI is InChI=1S/C15H19ClN4O3S/c1-24(21,22)20-7-3-6-19(8-9-20)11-14-17-15(18-23-14)12-4-2-5-13(16)10-12/h2,4-5,10H,3,6-9,11H2,1H3. The van der Waals surface area contributed by atoms with Gasteiger partial charge in [-0.25, -0.2) is 12.7 Å². The fourth-order valence-corrected chi connectivity index (χ4v) is 3.76. The third-order valence-corrected chi connectivity index (χ3v) is 5.46. The normalized spacial score (nSPS) is 17.8. The van der Waals surface area contributed by atoms with Crippen molar-refractivity contribution >= 4 is 21.6 Å². The fourth-order valence-electron chi connectivity index (χ4n) is 2.69. The molecule has 0 saturated carbocycles. The number of rotatable bonds is 4. The van der Waals surface area contributed by atoms with Gasteiger partial charge in [-0.2, -0.15) is 4.98 Å². The maximum Gasteiger partial charge on any atom is 0.241 e. The number of hydrogen-bond donors (Lipinski definition) is 0. The number of aromatic nitrogens is 2. The molecule has 0 N–H and O–H groups in total. The molecule has 1 fully saturated rings. The molecule has 0 aliphatic carbocycles. The van der Waals surface area contributed by atoms with Crippen LogP contribution in [0.3, 0.4) is 0 Å². The van der Waals surface area contributed by atoms with E-state index in [1.54, 1.807) is 12.1 Å². The van der Waals surface area contributed by atoms with Gasteiger partial charge in [-0.3, -0.25) is 4.90 Å². The smallest absolute Gasteiger partial charge is 0.241 e. The molecule has 0 atom stereocenters. The zero-order valence-electron chi connectivity index (χ0n) is 13.4. The molecule has 2 heterocycles. The lowest BCUT2D eigenvalue weighted by molar-refractivity contribution is 0.236. The van der Waals surface area contributed by atoms with E-state index in [4.69, 9.17) is 16.1 Å². The third kappa shape index (κ3) is 4.32. The fraction of sp³-hybridized carbons (Fsp3) is 0.467. The Morgan fingerprint density at radius 1 is 1.25 bits per heavy atom. The zero-order valence-corrected chi connectivity index (χ0v) is 14.9. The van der Waals surface area contributed by atoms with Crippen LogP contribution in [0.15, 0.2) is 28.8 Å². The van der Waals surface area contributed by atoms with Crippen LogP contribution in [0.2, 0.25) is 5.02 Å². The topological polar surface area (TPSA) is 79.5 Å². The lowest BCUT2D eigenvalue weighted by atomic mass is 10.2. The van der Waals surface area contributed by atoms with E-state index < -0.39 is 10.0 Å². The summed E-state index contributed by atoms with van der Waals surface area (Å²) in [4.78, 5) is 6.53. The average Bonchev–Trinajstić information content (AvgIpc) is 2.84. The maximum atomic E-state index is 11.6. The lowest BCUT2D eigenvalue weighted by Gasteiger charge is -2.18. The predicted molar refractivity (Wildman–Crippen MR) is 91.1 cm³/mol. The molecule has 3 rings (SSSR count). The summed E-state index contributed by atoms with van der Waals surface area (Å²) in [7, 11) is -3.14. The first-order chi connectivity index (χ1) is 11.4. The van der Waals surface area contributed by atoms with E-state index in [0.717, 1.165) is 18.5 Å². The van der Waals surface area contributed by atoms with Crippen LogP contribution in [0.5, 0.6) is 0 Å². The lowest BCUT2D eigenvalue weighted by Crippen LogP contribution is -2.34. The Hall–Kier alpha value is -1.48. The van der Waals surface area contributed by atoms with E-state index >= 15 is 0 Å². The van der Waals surface area contributed by atoms with Gasteiger partial charge in [0, 0.05) is 30.2 Å². The van der Waals surface area contributed by atoms with Crippen molar-refractivity contribution in [3.63, 3.8) is 0 Å². The maximum absolute atomic E-state index is 11.6. The Bertz CT molecular complexity index is 809. The van der Waals surface area contributed by atoms with Crippen LogP contribution >= 0.6 is 11.6 Å². The Kier molecular flexibility index (Phi) is 5.19. The number of benzene rings is 1. The van der Waals surface area contributed by atoms with Gasteiger partial charge in [-0.15, -0.1) is 0 Å². The van der Waals surface area contributed by atoms with Gasteiger partial charge in [0.1, 0.15) is 0 Å². The monoisotopic (exact) mass is 370 g/mol. The Balaban J connectivity index is 1.65. The highest BCUT2D eigenvalue weighted by Gasteiger charge is 2.22. The van der Waals surface area contributed by atoms with Crippen LogP contribution in [0, 0.1) is 0 Å². The molecule has 24 heavy (non-hydrogen) atoms. The minimum Gasteiger partial charge on any atom is -0.338 e. The van der Waals surface area contributed by atoms with Gasteiger partial charge in [-0.05, 0) is 25.1 Å².